The molecule has 0 aromatic carbocycles. The first-order valence-electron chi connectivity index (χ1n) is 11.6. The van der Waals surface area contributed by atoms with Crippen LogP contribution in [-0.2, 0) is 0 Å². The molecular formula is C27H23Cl2FN4O2S. The number of hydrogen-bond donors (Lipinski definition) is 0. The van der Waals surface area contributed by atoms with E-state index in [0.717, 1.165) is 34.4 Å². The molecule has 190 valence electrons. The van der Waals surface area contributed by atoms with Crippen LogP contribution in [0.4, 0.5) is 4.39 Å². The zero-order valence-electron chi connectivity index (χ0n) is 20.6. The predicted octanol–water partition coefficient (Wildman–Crippen LogP) is 6.39. The quantitative estimate of drug-likeness (QED) is 0.285. The van der Waals surface area contributed by atoms with Crippen LogP contribution in [0.1, 0.15) is 51.0 Å². The summed E-state index contributed by atoms with van der Waals surface area (Å²) in [6.45, 7) is 3.67. The molecule has 0 radical (unpaired) electrons. The van der Waals surface area contributed by atoms with Gasteiger partial charge in [-0.1, -0.05) is 23.2 Å². The topological polar surface area (TPSA) is 68.1 Å². The van der Waals surface area contributed by atoms with Crippen LogP contribution in [0.25, 0.3) is 16.3 Å². The van der Waals surface area contributed by atoms with Gasteiger partial charge in [0.2, 0.25) is 0 Å². The maximum atomic E-state index is 15.2. The van der Waals surface area contributed by atoms with Gasteiger partial charge in [-0.25, -0.2) is 4.39 Å². The Kier molecular flexibility index (Phi) is 6.68. The SMILES string of the molecule is Cc1cnc(-c2scc(C(=O)N(C)C)c2F)cc1-n1c(C)cc([C@H]2C[C@@H]2c2cncc(Cl)c2)c(Cl)c1=O. The molecule has 0 unspecified atom stereocenters. The van der Waals surface area contributed by atoms with Crippen molar-refractivity contribution < 1.29 is 9.18 Å². The minimum atomic E-state index is -0.626. The Hall–Kier alpha value is -3.07. The third kappa shape index (κ3) is 4.58. The van der Waals surface area contributed by atoms with E-state index >= 15 is 4.39 Å². The van der Waals surface area contributed by atoms with Crippen LogP contribution in [0.5, 0.6) is 0 Å². The smallest absolute Gasteiger partial charge is 0.274 e. The van der Waals surface area contributed by atoms with Gasteiger partial charge in [0.15, 0.2) is 5.82 Å². The largest absolute Gasteiger partial charge is 0.345 e. The first-order chi connectivity index (χ1) is 17.6. The van der Waals surface area contributed by atoms with Crippen molar-refractivity contribution in [1.29, 1.82) is 0 Å². The molecule has 5 rings (SSSR count). The van der Waals surface area contributed by atoms with Gasteiger partial charge in [-0.05, 0) is 67.0 Å². The average molecular weight is 557 g/mol. The lowest BCUT2D eigenvalue weighted by molar-refractivity contribution is 0.0824. The van der Waals surface area contributed by atoms with Crippen LogP contribution in [0.3, 0.4) is 0 Å². The highest BCUT2D eigenvalue weighted by molar-refractivity contribution is 7.13. The van der Waals surface area contributed by atoms with Gasteiger partial charge in [-0.15, -0.1) is 11.3 Å². The van der Waals surface area contributed by atoms with Crippen molar-refractivity contribution in [3.05, 3.63) is 96.3 Å². The number of carbonyl (C=O) groups excluding carboxylic acids is 1. The van der Waals surface area contributed by atoms with Gasteiger partial charge in [0, 0.05) is 43.8 Å². The van der Waals surface area contributed by atoms with Crippen LogP contribution < -0.4 is 5.56 Å². The molecule has 10 heteroatoms. The maximum Gasteiger partial charge on any atom is 0.274 e. The summed E-state index contributed by atoms with van der Waals surface area (Å²) >= 11 is 13.9. The second-order valence-electron chi connectivity index (χ2n) is 9.43. The van der Waals surface area contributed by atoms with E-state index in [2.05, 4.69) is 9.97 Å². The number of hydrogen-bond acceptors (Lipinski definition) is 5. The fraction of sp³-hybridized carbons (Fsp3) is 0.259. The third-order valence-electron chi connectivity index (χ3n) is 6.62. The van der Waals surface area contributed by atoms with E-state index in [4.69, 9.17) is 23.2 Å². The number of thiophene rings is 1. The van der Waals surface area contributed by atoms with Crippen LogP contribution >= 0.6 is 34.5 Å². The molecular weight excluding hydrogens is 534 g/mol. The zero-order valence-corrected chi connectivity index (χ0v) is 22.9. The molecule has 1 amide bonds. The van der Waals surface area contributed by atoms with Gasteiger partial charge in [-0.3, -0.25) is 24.1 Å². The number of amides is 1. The lowest BCUT2D eigenvalue weighted by atomic mass is 10.1. The molecule has 4 aromatic heterocycles. The van der Waals surface area contributed by atoms with Crippen LogP contribution in [-0.4, -0.2) is 39.4 Å². The Morgan fingerprint density at radius 1 is 1.14 bits per heavy atom. The number of nitrogens with zero attached hydrogens (tertiary/aromatic N) is 4. The summed E-state index contributed by atoms with van der Waals surface area (Å²) in [6, 6.07) is 5.49. The van der Waals surface area contributed by atoms with Crippen molar-refractivity contribution in [3.63, 3.8) is 0 Å². The zero-order chi connectivity index (χ0) is 26.6. The predicted molar refractivity (Wildman–Crippen MR) is 145 cm³/mol. The molecule has 4 aromatic rings. The molecule has 1 saturated carbocycles. The highest BCUT2D eigenvalue weighted by Gasteiger charge is 2.42. The molecule has 1 aliphatic carbocycles. The van der Waals surface area contributed by atoms with Crippen LogP contribution in [0.2, 0.25) is 10.0 Å². The van der Waals surface area contributed by atoms with E-state index in [1.165, 1.54) is 14.8 Å². The maximum absolute atomic E-state index is 15.2. The van der Waals surface area contributed by atoms with Gasteiger partial charge >= 0.3 is 0 Å². The molecule has 1 aliphatic rings. The summed E-state index contributed by atoms with van der Waals surface area (Å²) in [7, 11) is 3.14. The van der Waals surface area contributed by atoms with E-state index in [1.54, 1.807) is 38.8 Å². The van der Waals surface area contributed by atoms with Crippen molar-refractivity contribution in [2.45, 2.75) is 32.1 Å². The molecule has 0 spiro atoms. The summed E-state index contributed by atoms with van der Waals surface area (Å²) < 4.78 is 16.7. The number of rotatable bonds is 5. The second kappa shape index (κ2) is 9.67. The monoisotopic (exact) mass is 556 g/mol. The number of aromatic nitrogens is 3. The Morgan fingerprint density at radius 3 is 2.59 bits per heavy atom. The standard InChI is InChI=1S/C27H23Cl2FN4O2S/c1-13-9-32-21(25-24(30)20(12-37-25)26(35)33(3)4)8-22(13)34-14(2)5-19(23(29)27(34)36)18-7-17(18)15-6-16(28)11-31-10-15/h5-6,8-12,17-18H,7H2,1-4H3/t17-,18+/m1/s1. The summed E-state index contributed by atoms with van der Waals surface area (Å²) in [4.78, 5) is 35.9. The van der Waals surface area contributed by atoms with Gasteiger partial charge in [0.1, 0.15) is 5.02 Å². The second-order valence-corrected chi connectivity index (χ2v) is 11.1. The summed E-state index contributed by atoms with van der Waals surface area (Å²) in [5, 5.41) is 2.22. The molecule has 0 bridgehead atoms. The lowest BCUT2D eigenvalue weighted by Gasteiger charge is -2.16. The molecule has 0 saturated heterocycles. The van der Waals surface area contributed by atoms with Gasteiger partial charge < -0.3 is 4.90 Å². The molecule has 1 fully saturated rings. The molecule has 37 heavy (non-hydrogen) atoms. The van der Waals surface area contributed by atoms with E-state index in [1.807, 2.05) is 26.0 Å². The van der Waals surface area contributed by atoms with Gasteiger partial charge in [0.05, 0.1) is 26.8 Å². The summed E-state index contributed by atoms with van der Waals surface area (Å²) in [5.41, 5.74) is 3.79. The van der Waals surface area contributed by atoms with E-state index < -0.39 is 11.7 Å². The number of halogens is 3. The first-order valence-corrected chi connectivity index (χ1v) is 13.2. The number of pyridine rings is 3. The number of carbonyl (C=O) groups is 1. The van der Waals surface area contributed by atoms with Crippen LogP contribution in [0, 0.1) is 19.7 Å². The first kappa shape index (κ1) is 25.6. The molecule has 2 atom stereocenters. The fourth-order valence-corrected chi connectivity index (χ4v) is 5.97. The van der Waals surface area contributed by atoms with E-state index in [-0.39, 0.29) is 32.9 Å². The lowest BCUT2D eigenvalue weighted by Crippen LogP contribution is -2.23. The van der Waals surface area contributed by atoms with Gasteiger partial charge in [0.25, 0.3) is 11.5 Å². The Bertz CT molecular complexity index is 1610. The summed E-state index contributed by atoms with van der Waals surface area (Å²) in [6.07, 6.45) is 5.83. The average Bonchev–Trinajstić information content (AvgIpc) is 3.57. The molecule has 0 aliphatic heterocycles. The Labute approximate surface area is 227 Å². The fourth-order valence-electron chi connectivity index (χ4n) is 4.62. The summed E-state index contributed by atoms with van der Waals surface area (Å²) in [5.74, 6) is -0.739. The van der Waals surface area contributed by atoms with Crippen LogP contribution in [0.15, 0.2) is 47.0 Å². The normalized spacial score (nSPS) is 16.6. The van der Waals surface area contributed by atoms with Gasteiger partial charge in [-0.2, -0.15) is 0 Å². The van der Waals surface area contributed by atoms with E-state index in [9.17, 15) is 9.59 Å². The number of aryl methyl sites for hydroxylation is 2. The highest BCUT2D eigenvalue weighted by atomic mass is 35.5. The van der Waals surface area contributed by atoms with Crippen molar-refractivity contribution in [2.24, 2.45) is 0 Å². The van der Waals surface area contributed by atoms with Crippen molar-refractivity contribution in [1.82, 2.24) is 19.4 Å². The molecule has 4 heterocycles. The minimum absolute atomic E-state index is 0.0106. The Morgan fingerprint density at radius 2 is 1.89 bits per heavy atom. The Balaban J connectivity index is 1.54. The molecule has 0 N–H and O–H groups in total. The molecule has 6 nitrogen and oxygen atoms in total. The van der Waals surface area contributed by atoms with Crippen molar-refractivity contribution in [3.8, 4) is 16.3 Å². The third-order valence-corrected chi connectivity index (χ3v) is 8.19. The van der Waals surface area contributed by atoms with Crippen molar-refractivity contribution in [2.75, 3.05) is 14.1 Å². The highest BCUT2D eigenvalue weighted by Crippen LogP contribution is 2.56. The minimum Gasteiger partial charge on any atom is -0.345 e. The van der Waals surface area contributed by atoms with Crippen molar-refractivity contribution >= 4 is 40.4 Å². The van der Waals surface area contributed by atoms with E-state index in [0.29, 0.717) is 22.1 Å².